The van der Waals surface area contributed by atoms with E-state index < -0.39 is 6.04 Å². The quantitative estimate of drug-likeness (QED) is 0.339. The smallest absolute Gasteiger partial charge is 0.160 e. The topological polar surface area (TPSA) is 114 Å². The molecule has 100 valence electrons. The summed E-state index contributed by atoms with van der Waals surface area (Å²) in [5, 5.41) is 25.2. The monoisotopic (exact) mass is 261 g/mol. The zero-order valence-electron chi connectivity index (χ0n) is 10.6. The highest BCUT2D eigenvalue weighted by Gasteiger charge is 2.12. The lowest BCUT2D eigenvalue weighted by atomic mass is 10.1. The number of ether oxygens (including phenoxy) is 1. The number of rotatable bonds is 7. The molecule has 0 fully saturated rings. The summed E-state index contributed by atoms with van der Waals surface area (Å²) in [4.78, 5) is 2.65. The minimum atomic E-state index is -0.525. The average Bonchev–Trinajstić information content (AvgIpc) is 2.43. The van der Waals surface area contributed by atoms with Crippen LogP contribution >= 0.6 is 0 Å². The van der Waals surface area contributed by atoms with E-state index in [4.69, 9.17) is 15.5 Å². The first kappa shape index (κ1) is 14.6. The molecule has 1 rings (SSSR count). The van der Waals surface area contributed by atoms with Gasteiger partial charge in [0, 0.05) is 11.5 Å². The summed E-state index contributed by atoms with van der Waals surface area (Å²) in [5.41, 5.74) is 8.78. The molecule has 1 aromatic carbocycles. The summed E-state index contributed by atoms with van der Waals surface area (Å²) in [5.74, 6) is 0.361. The second kappa shape index (κ2) is 7.82. The Balaban J connectivity index is 2.62. The molecule has 19 heavy (non-hydrogen) atoms. The van der Waals surface area contributed by atoms with Gasteiger partial charge >= 0.3 is 0 Å². The van der Waals surface area contributed by atoms with Crippen LogP contribution in [0.2, 0.25) is 0 Å². The van der Waals surface area contributed by atoms with E-state index in [9.17, 15) is 5.11 Å². The number of hydrogen-bond acceptors (Lipinski definition) is 5. The fraction of sp³-hybridized carbons (Fsp3) is 0.417. The van der Waals surface area contributed by atoms with Crippen molar-refractivity contribution in [3.8, 4) is 17.6 Å². The van der Waals surface area contributed by atoms with Crippen LogP contribution in [0.25, 0.3) is 10.4 Å². The van der Waals surface area contributed by atoms with E-state index >= 15 is 0 Å². The molecule has 0 saturated carbocycles. The number of hydrogen-bond donors (Lipinski definition) is 2. The number of nitrogens with one attached hydrogen (secondary N) is 1. The maximum Gasteiger partial charge on any atom is 0.160 e. The third kappa shape index (κ3) is 4.39. The lowest BCUT2D eigenvalue weighted by Crippen LogP contribution is -2.21. The van der Waals surface area contributed by atoms with Gasteiger partial charge in [0.1, 0.15) is 6.04 Å². The minimum Gasteiger partial charge on any atom is -0.504 e. The van der Waals surface area contributed by atoms with E-state index in [1.54, 1.807) is 12.1 Å². The Morgan fingerprint density at radius 2 is 2.42 bits per heavy atom. The molecule has 2 N–H and O–H groups in total. The molecule has 0 saturated heterocycles. The Hall–Kier alpha value is -2.42. The number of nitrogens with zero attached hydrogens (tertiary/aromatic N) is 4. The van der Waals surface area contributed by atoms with Crippen molar-refractivity contribution in [2.75, 3.05) is 20.2 Å². The van der Waals surface area contributed by atoms with Crippen LogP contribution in [0.1, 0.15) is 18.0 Å². The zero-order valence-corrected chi connectivity index (χ0v) is 10.6. The highest BCUT2D eigenvalue weighted by atomic mass is 16.5. The van der Waals surface area contributed by atoms with Gasteiger partial charge in [-0.15, -0.1) is 0 Å². The van der Waals surface area contributed by atoms with E-state index in [2.05, 4.69) is 21.4 Å². The molecule has 0 heterocycles. The maximum atomic E-state index is 9.66. The van der Waals surface area contributed by atoms with Gasteiger partial charge < -0.3 is 9.84 Å². The standard InChI is InChI=1S/C12H15N5O2/c1-19-12-4-3-9(7-11(12)18)10(8-13)15-5-2-6-16-17-14/h3-4,7,10,15,18H,2,5-6H2,1H3. The summed E-state index contributed by atoms with van der Waals surface area (Å²) in [7, 11) is 1.46. The van der Waals surface area contributed by atoms with Crippen LogP contribution in [0.3, 0.4) is 0 Å². The predicted octanol–water partition coefficient (Wildman–Crippen LogP) is 2.26. The van der Waals surface area contributed by atoms with Crippen molar-refractivity contribution in [1.29, 1.82) is 5.26 Å². The Morgan fingerprint density at radius 1 is 1.63 bits per heavy atom. The molecule has 1 aromatic rings. The molecule has 0 aliphatic carbocycles. The SMILES string of the molecule is COc1ccc(C(C#N)NCCCN=[N+]=[N-])cc1O. The van der Waals surface area contributed by atoms with Crippen molar-refractivity contribution in [2.24, 2.45) is 5.11 Å². The molecule has 1 atom stereocenters. The molecule has 0 bridgehead atoms. The number of phenolic OH excluding ortho intramolecular Hbond substituents is 1. The Kier molecular flexibility index (Phi) is 6.03. The number of aromatic hydroxyl groups is 1. The molecule has 1 unspecified atom stereocenters. The third-order valence-electron chi connectivity index (χ3n) is 2.51. The van der Waals surface area contributed by atoms with Crippen LogP contribution < -0.4 is 10.1 Å². The largest absolute Gasteiger partial charge is 0.504 e. The maximum absolute atomic E-state index is 9.66. The van der Waals surface area contributed by atoms with Crippen molar-refractivity contribution in [3.63, 3.8) is 0 Å². The van der Waals surface area contributed by atoms with Gasteiger partial charge in [0.25, 0.3) is 0 Å². The second-order valence-electron chi connectivity index (χ2n) is 3.76. The summed E-state index contributed by atoms with van der Waals surface area (Å²) < 4.78 is 4.94. The van der Waals surface area contributed by atoms with Crippen LogP contribution in [0.5, 0.6) is 11.5 Å². The van der Waals surface area contributed by atoms with Crippen molar-refractivity contribution < 1.29 is 9.84 Å². The van der Waals surface area contributed by atoms with Crippen molar-refractivity contribution in [2.45, 2.75) is 12.5 Å². The van der Waals surface area contributed by atoms with Crippen molar-refractivity contribution in [1.82, 2.24) is 5.32 Å². The van der Waals surface area contributed by atoms with Gasteiger partial charge in [-0.05, 0) is 36.2 Å². The molecule has 0 amide bonds. The van der Waals surface area contributed by atoms with Gasteiger partial charge in [-0.25, -0.2) is 0 Å². The van der Waals surface area contributed by atoms with Gasteiger partial charge in [-0.3, -0.25) is 5.32 Å². The Labute approximate surface area is 111 Å². The second-order valence-corrected chi connectivity index (χ2v) is 3.76. The Morgan fingerprint density at radius 3 is 3.00 bits per heavy atom. The van der Waals surface area contributed by atoms with Gasteiger partial charge in [0.2, 0.25) is 0 Å². The summed E-state index contributed by atoms with van der Waals surface area (Å²) in [6.45, 7) is 0.930. The van der Waals surface area contributed by atoms with E-state index in [1.807, 2.05) is 0 Å². The molecule has 0 spiro atoms. The Bertz CT molecular complexity index is 505. The summed E-state index contributed by atoms with van der Waals surface area (Å²) in [6.07, 6.45) is 0.643. The van der Waals surface area contributed by atoms with Crippen molar-refractivity contribution in [3.05, 3.63) is 34.2 Å². The molecule has 0 aliphatic heterocycles. The van der Waals surface area contributed by atoms with Gasteiger partial charge in [0.15, 0.2) is 11.5 Å². The number of azide groups is 1. The zero-order chi connectivity index (χ0) is 14.1. The molecule has 7 heteroatoms. The number of phenols is 1. The van der Waals surface area contributed by atoms with Crippen LogP contribution in [-0.4, -0.2) is 25.3 Å². The molecule has 7 nitrogen and oxygen atoms in total. The highest BCUT2D eigenvalue weighted by Crippen LogP contribution is 2.28. The van der Waals surface area contributed by atoms with E-state index in [0.29, 0.717) is 30.8 Å². The van der Waals surface area contributed by atoms with Crippen LogP contribution in [0.15, 0.2) is 23.3 Å². The lowest BCUT2D eigenvalue weighted by Gasteiger charge is -2.12. The van der Waals surface area contributed by atoms with Crippen LogP contribution in [0, 0.1) is 11.3 Å². The fourth-order valence-electron chi connectivity index (χ4n) is 1.57. The first-order chi connectivity index (χ1) is 9.22. The van der Waals surface area contributed by atoms with Gasteiger partial charge in [0.05, 0.1) is 13.2 Å². The fourth-order valence-corrected chi connectivity index (χ4v) is 1.57. The molecular weight excluding hydrogens is 246 g/mol. The molecular formula is C12H15N5O2. The summed E-state index contributed by atoms with van der Waals surface area (Å²) >= 11 is 0. The molecule has 0 aromatic heterocycles. The molecule has 0 radical (unpaired) electrons. The normalized spacial score (nSPS) is 11.2. The summed E-state index contributed by atoms with van der Waals surface area (Å²) in [6, 6.07) is 6.40. The third-order valence-corrected chi connectivity index (χ3v) is 2.51. The number of benzene rings is 1. The molecule has 0 aliphatic rings. The first-order valence-electron chi connectivity index (χ1n) is 5.73. The van der Waals surface area contributed by atoms with Crippen molar-refractivity contribution >= 4 is 0 Å². The van der Waals surface area contributed by atoms with Gasteiger partial charge in [-0.2, -0.15) is 5.26 Å². The lowest BCUT2D eigenvalue weighted by molar-refractivity contribution is 0.372. The number of methoxy groups -OCH3 is 1. The minimum absolute atomic E-state index is 0.00358. The van der Waals surface area contributed by atoms with E-state index in [0.717, 1.165) is 0 Å². The predicted molar refractivity (Wildman–Crippen MR) is 69.6 cm³/mol. The van der Waals surface area contributed by atoms with E-state index in [-0.39, 0.29) is 5.75 Å². The van der Waals surface area contributed by atoms with Crippen LogP contribution in [0.4, 0.5) is 0 Å². The van der Waals surface area contributed by atoms with E-state index in [1.165, 1.54) is 13.2 Å². The van der Waals surface area contributed by atoms with Crippen LogP contribution in [-0.2, 0) is 0 Å². The van der Waals surface area contributed by atoms with Gasteiger partial charge in [-0.1, -0.05) is 11.2 Å². The number of nitriles is 1. The highest BCUT2D eigenvalue weighted by molar-refractivity contribution is 5.43. The average molecular weight is 261 g/mol. The first-order valence-corrected chi connectivity index (χ1v) is 5.73.